The highest BCUT2D eigenvalue weighted by atomic mass is 16.1. The maximum Gasteiger partial charge on any atom is 0.239 e. The molecule has 0 bridgehead atoms. The van der Waals surface area contributed by atoms with Crippen LogP contribution in [0.3, 0.4) is 0 Å². The van der Waals surface area contributed by atoms with Gasteiger partial charge in [-0.1, -0.05) is 30.3 Å². The monoisotopic (exact) mass is 386 g/mol. The van der Waals surface area contributed by atoms with Crippen LogP contribution in [-0.4, -0.2) is 26.8 Å². The zero-order valence-electron chi connectivity index (χ0n) is 17.1. The van der Waals surface area contributed by atoms with Crippen molar-refractivity contribution in [2.75, 3.05) is 6.54 Å². The number of fused-ring (bicyclic) bond motifs is 1. The summed E-state index contributed by atoms with van der Waals surface area (Å²) >= 11 is 0. The van der Waals surface area contributed by atoms with Crippen LogP contribution in [0.25, 0.3) is 16.6 Å². The van der Waals surface area contributed by atoms with Gasteiger partial charge in [-0.2, -0.15) is 5.10 Å². The molecule has 4 rings (SSSR count). The molecule has 1 N–H and O–H groups in total. The highest BCUT2D eigenvalue weighted by molar-refractivity contribution is 5.84. The second kappa shape index (κ2) is 7.95. The molecule has 1 amide bonds. The molecule has 5 heteroatoms. The summed E-state index contributed by atoms with van der Waals surface area (Å²) in [4.78, 5) is 12.4. The van der Waals surface area contributed by atoms with Crippen molar-refractivity contribution in [3.63, 3.8) is 0 Å². The Hall–Kier alpha value is -3.34. The fourth-order valence-electron chi connectivity index (χ4n) is 3.80. The first kappa shape index (κ1) is 19.0. The van der Waals surface area contributed by atoms with Crippen LogP contribution in [0.5, 0.6) is 0 Å². The van der Waals surface area contributed by atoms with E-state index in [-0.39, 0.29) is 5.91 Å². The third kappa shape index (κ3) is 4.09. The second-order valence-corrected chi connectivity index (χ2v) is 7.54. The SMILES string of the molecule is Cc1cc(C)n(-c2ccc(CCNC(=O)Cn3c(C)cc4ccccc43)cc2)n1. The summed E-state index contributed by atoms with van der Waals surface area (Å²) in [5.41, 5.74) is 6.58. The third-order valence-corrected chi connectivity index (χ3v) is 5.25. The van der Waals surface area contributed by atoms with Gasteiger partial charge in [0.1, 0.15) is 6.54 Å². The number of aromatic nitrogens is 3. The van der Waals surface area contributed by atoms with E-state index in [1.54, 1.807) is 0 Å². The number of para-hydroxylation sites is 1. The first-order valence-electron chi connectivity index (χ1n) is 9.95. The van der Waals surface area contributed by atoms with E-state index in [1.807, 2.05) is 30.7 Å². The van der Waals surface area contributed by atoms with Gasteiger partial charge in [0.2, 0.25) is 5.91 Å². The van der Waals surface area contributed by atoms with Crippen molar-refractivity contribution >= 4 is 16.8 Å². The van der Waals surface area contributed by atoms with Gasteiger partial charge in [-0.3, -0.25) is 4.79 Å². The van der Waals surface area contributed by atoms with Crippen molar-refractivity contribution in [2.45, 2.75) is 33.7 Å². The van der Waals surface area contributed by atoms with Crippen LogP contribution in [0, 0.1) is 20.8 Å². The lowest BCUT2D eigenvalue weighted by atomic mass is 10.1. The lowest BCUT2D eigenvalue weighted by molar-refractivity contribution is -0.121. The van der Waals surface area contributed by atoms with Crippen LogP contribution in [0.4, 0.5) is 0 Å². The molecule has 0 unspecified atom stereocenters. The lowest BCUT2D eigenvalue weighted by Gasteiger charge is -2.10. The van der Waals surface area contributed by atoms with Gasteiger partial charge in [0, 0.05) is 23.4 Å². The van der Waals surface area contributed by atoms with Gasteiger partial charge in [0.05, 0.1) is 11.4 Å². The van der Waals surface area contributed by atoms with E-state index < -0.39 is 0 Å². The molecule has 5 nitrogen and oxygen atoms in total. The van der Waals surface area contributed by atoms with Crippen molar-refractivity contribution in [3.05, 3.63) is 83.3 Å². The fraction of sp³-hybridized carbons (Fsp3) is 0.250. The lowest BCUT2D eigenvalue weighted by Crippen LogP contribution is -2.29. The first-order valence-corrected chi connectivity index (χ1v) is 9.95. The molecule has 0 aliphatic carbocycles. The van der Waals surface area contributed by atoms with E-state index in [9.17, 15) is 4.79 Å². The number of aryl methyl sites for hydroxylation is 3. The van der Waals surface area contributed by atoms with Crippen molar-refractivity contribution in [1.29, 1.82) is 0 Å². The normalized spacial score (nSPS) is 11.1. The van der Waals surface area contributed by atoms with Crippen LogP contribution in [0.2, 0.25) is 0 Å². The Balaban J connectivity index is 1.33. The summed E-state index contributed by atoms with van der Waals surface area (Å²) in [6.07, 6.45) is 0.800. The van der Waals surface area contributed by atoms with Gasteiger partial charge in [-0.05, 0) is 68.5 Å². The van der Waals surface area contributed by atoms with Crippen LogP contribution in [0.15, 0.2) is 60.7 Å². The summed E-state index contributed by atoms with van der Waals surface area (Å²) in [5.74, 6) is 0.0358. The summed E-state index contributed by atoms with van der Waals surface area (Å²) in [6.45, 7) is 7.06. The zero-order valence-corrected chi connectivity index (χ0v) is 17.1. The van der Waals surface area contributed by atoms with Gasteiger partial charge in [-0.15, -0.1) is 0 Å². The molecule has 0 spiro atoms. The smallest absolute Gasteiger partial charge is 0.239 e. The molecule has 148 valence electrons. The number of hydrogen-bond donors (Lipinski definition) is 1. The Labute approximate surface area is 171 Å². The van der Waals surface area contributed by atoms with Gasteiger partial charge in [0.15, 0.2) is 0 Å². The number of hydrogen-bond acceptors (Lipinski definition) is 2. The summed E-state index contributed by atoms with van der Waals surface area (Å²) in [7, 11) is 0. The largest absolute Gasteiger partial charge is 0.354 e. The molecule has 0 radical (unpaired) electrons. The Morgan fingerprint density at radius 3 is 2.45 bits per heavy atom. The Kier molecular flexibility index (Phi) is 5.21. The Morgan fingerprint density at radius 1 is 0.966 bits per heavy atom. The molecule has 0 saturated heterocycles. The Morgan fingerprint density at radius 2 is 1.72 bits per heavy atom. The summed E-state index contributed by atoms with van der Waals surface area (Å²) < 4.78 is 4.01. The van der Waals surface area contributed by atoms with E-state index in [2.05, 4.69) is 70.4 Å². The van der Waals surface area contributed by atoms with Gasteiger partial charge < -0.3 is 9.88 Å². The van der Waals surface area contributed by atoms with Crippen molar-refractivity contribution in [2.24, 2.45) is 0 Å². The molecule has 4 aromatic rings. The molecule has 0 saturated carbocycles. The topological polar surface area (TPSA) is 51.9 Å². The molecule has 0 fully saturated rings. The number of amides is 1. The summed E-state index contributed by atoms with van der Waals surface area (Å²) in [6, 6.07) is 20.7. The molecule has 0 aliphatic heterocycles. The molecule has 0 aliphatic rings. The molecule has 29 heavy (non-hydrogen) atoms. The third-order valence-electron chi connectivity index (χ3n) is 5.25. The molecule has 0 atom stereocenters. The van der Waals surface area contributed by atoms with Crippen molar-refractivity contribution in [1.82, 2.24) is 19.7 Å². The van der Waals surface area contributed by atoms with Gasteiger partial charge in [0.25, 0.3) is 0 Å². The highest BCUT2D eigenvalue weighted by Crippen LogP contribution is 2.19. The minimum absolute atomic E-state index is 0.0358. The molecule has 2 aromatic heterocycles. The quantitative estimate of drug-likeness (QED) is 0.542. The average Bonchev–Trinajstić information content (AvgIpc) is 3.21. The van der Waals surface area contributed by atoms with Crippen molar-refractivity contribution < 1.29 is 4.79 Å². The minimum atomic E-state index is 0.0358. The zero-order chi connectivity index (χ0) is 20.4. The fourth-order valence-corrected chi connectivity index (χ4v) is 3.80. The number of benzene rings is 2. The summed E-state index contributed by atoms with van der Waals surface area (Å²) in [5, 5.41) is 8.73. The Bertz CT molecular complexity index is 1150. The predicted octanol–water partition coefficient (Wildman–Crippen LogP) is 4.11. The number of nitrogens with zero attached hydrogens (tertiary/aromatic N) is 3. The molecule has 2 heterocycles. The molecular formula is C24H26N4O. The van der Waals surface area contributed by atoms with E-state index in [0.29, 0.717) is 13.1 Å². The van der Waals surface area contributed by atoms with E-state index in [1.165, 1.54) is 10.9 Å². The standard InChI is InChI=1S/C24H26N4O/c1-17-14-19(3)28(26-17)22-10-8-20(9-11-22)12-13-25-24(29)16-27-18(2)15-21-6-4-5-7-23(21)27/h4-11,14-15H,12-13,16H2,1-3H3,(H,25,29). The molecular weight excluding hydrogens is 360 g/mol. The first-order chi connectivity index (χ1) is 14.0. The van der Waals surface area contributed by atoms with Crippen molar-refractivity contribution in [3.8, 4) is 5.69 Å². The van der Waals surface area contributed by atoms with E-state index >= 15 is 0 Å². The number of carbonyl (C=O) groups is 1. The van der Waals surface area contributed by atoms with Gasteiger partial charge in [-0.25, -0.2) is 4.68 Å². The van der Waals surface area contributed by atoms with Gasteiger partial charge >= 0.3 is 0 Å². The average molecular weight is 386 g/mol. The number of nitrogens with one attached hydrogen (secondary N) is 1. The van der Waals surface area contributed by atoms with Crippen LogP contribution in [0.1, 0.15) is 22.6 Å². The van der Waals surface area contributed by atoms with E-state index in [4.69, 9.17) is 0 Å². The number of rotatable bonds is 6. The molecule has 2 aromatic carbocycles. The maximum absolute atomic E-state index is 12.4. The van der Waals surface area contributed by atoms with Crippen LogP contribution < -0.4 is 5.32 Å². The van der Waals surface area contributed by atoms with Crippen LogP contribution in [-0.2, 0) is 17.8 Å². The van der Waals surface area contributed by atoms with E-state index in [0.717, 1.165) is 34.7 Å². The highest BCUT2D eigenvalue weighted by Gasteiger charge is 2.09. The predicted molar refractivity (Wildman–Crippen MR) is 116 cm³/mol. The minimum Gasteiger partial charge on any atom is -0.354 e. The number of carbonyl (C=O) groups excluding carboxylic acids is 1. The maximum atomic E-state index is 12.4. The van der Waals surface area contributed by atoms with Crippen LogP contribution >= 0.6 is 0 Å². The second-order valence-electron chi connectivity index (χ2n) is 7.54.